The first-order chi connectivity index (χ1) is 16.0. The quantitative estimate of drug-likeness (QED) is 0.170. The molecule has 2 aromatic rings. The Morgan fingerprint density at radius 1 is 0.971 bits per heavy atom. The highest BCUT2D eigenvalue weighted by Crippen LogP contribution is 2.19. The van der Waals surface area contributed by atoms with Crippen LogP contribution in [0, 0.1) is 0 Å². The van der Waals surface area contributed by atoms with Crippen molar-refractivity contribution < 1.29 is 39.3 Å². The number of rotatable bonds is 12. The lowest BCUT2D eigenvalue weighted by molar-refractivity contribution is -0.143. The van der Waals surface area contributed by atoms with Crippen LogP contribution in [0.4, 0.5) is 0 Å². The number of carbonyl (C=O) groups is 5. The van der Waals surface area contributed by atoms with Crippen molar-refractivity contribution in [1.82, 2.24) is 20.9 Å². The highest BCUT2D eigenvalue weighted by molar-refractivity contribution is 5.95. The maximum atomic E-state index is 12.6. The minimum absolute atomic E-state index is 0.0253. The van der Waals surface area contributed by atoms with Crippen LogP contribution in [0.1, 0.15) is 18.9 Å². The number of carbonyl (C=O) groups excluding carboxylic acids is 3. The molecule has 1 heterocycles. The highest BCUT2D eigenvalue weighted by atomic mass is 16.4. The molecule has 4 unspecified atom stereocenters. The number of hydrogen-bond acceptors (Lipinski definition) is 7. The van der Waals surface area contributed by atoms with Crippen molar-refractivity contribution in [3.8, 4) is 0 Å². The average Bonchev–Trinajstić information content (AvgIpc) is 3.19. The first-order valence-electron chi connectivity index (χ1n) is 10.3. The predicted octanol–water partition coefficient (Wildman–Crippen LogP) is -1.94. The summed E-state index contributed by atoms with van der Waals surface area (Å²) in [6.07, 6.45) is 0.819. The minimum atomic E-state index is -1.57. The zero-order chi connectivity index (χ0) is 25.4. The average molecular weight is 477 g/mol. The molecule has 0 aliphatic heterocycles. The molecule has 0 spiro atoms. The molecule has 13 heteroatoms. The van der Waals surface area contributed by atoms with Crippen LogP contribution in [0.2, 0.25) is 0 Å². The van der Waals surface area contributed by atoms with Crippen LogP contribution in [0.3, 0.4) is 0 Å². The summed E-state index contributed by atoms with van der Waals surface area (Å²) in [5, 5.41) is 35.0. The number of aliphatic carboxylic acids is 2. The lowest BCUT2D eigenvalue weighted by Gasteiger charge is -2.22. The van der Waals surface area contributed by atoms with Gasteiger partial charge in [0.15, 0.2) is 0 Å². The zero-order valence-corrected chi connectivity index (χ0v) is 18.3. The number of H-pyrrole nitrogens is 1. The third-order valence-electron chi connectivity index (χ3n) is 5.01. The van der Waals surface area contributed by atoms with Crippen LogP contribution < -0.4 is 21.7 Å². The van der Waals surface area contributed by atoms with Gasteiger partial charge in [-0.05, 0) is 18.6 Å². The Labute approximate surface area is 193 Å². The van der Waals surface area contributed by atoms with Crippen LogP contribution in [0.25, 0.3) is 10.9 Å². The topological polar surface area (TPSA) is 224 Å². The van der Waals surface area contributed by atoms with E-state index in [0.29, 0.717) is 5.56 Å². The lowest BCUT2D eigenvalue weighted by Crippen LogP contribution is -2.57. The molecule has 184 valence electrons. The Morgan fingerprint density at radius 2 is 1.62 bits per heavy atom. The number of fused-ring (bicyclic) bond motifs is 1. The summed E-state index contributed by atoms with van der Waals surface area (Å²) >= 11 is 0. The van der Waals surface area contributed by atoms with E-state index in [-0.39, 0.29) is 6.42 Å². The van der Waals surface area contributed by atoms with E-state index < -0.39 is 66.9 Å². The number of nitrogens with one attached hydrogen (secondary N) is 4. The van der Waals surface area contributed by atoms with Gasteiger partial charge in [0, 0.05) is 23.5 Å². The van der Waals surface area contributed by atoms with Crippen LogP contribution >= 0.6 is 0 Å². The Kier molecular flexibility index (Phi) is 9.10. The summed E-state index contributed by atoms with van der Waals surface area (Å²) in [4.78, 5) is 62.7. The van der Waals surface area contributed by atoms with Gasteiger partial charge in [-0.2, -0.15) is 0 Å². The molecule has 0 saturated heterocycles. The van der Waals surface area contributed by atoms with Gasteiger partial charge in [-0.25, -0.2) is 4.79 Å². The molecule has 4 atom stereocenters. The molecule has 0 aliphatic carbocycles. The van der Waals surface area contributed by atoms with Gasteiger partial charge in [-0.15, -0.1) is 0 Å². The molecular formula is C21H27N5O8. The normalized spacial score (nSPS) is 14.4. The van der Waals surface area contributed by atoms with Gasteiger partial charge in [-0.3, -0.25) is 19.2 Å². The molecule has 34 heavy (non-hydrogen) atoms. The number of aliphatic hydroxyl groups excluding tert-OH is 1. The summed E-state index contributed by atoms with van der Waals surface area (Å²) in [6, 6.07) is 1.76. The highest BCUT2D eigenvalue weighted by Gasteiger charge is 2.30. The molecule has 0 saturated carbocycles. The van der Waals surface area contributed by atoms with Gasteiger partial charge < -0.3 is 42.0 Å². The van der Waals surface area contributed by atoms with Crippen molar-refractivity contribution in [2.75, 3.05) is 6.61 Å². The number of carboxylic acid groups (broad SMARTS) is 2. The summed E-state index contributed by atoms with van der Waals surface area (Å²) < 4.78 is 0. The van der Waals surface area contributed by atoms with E-state index in [1.54, 1.807) is 12.3 Å². The zero-order valence-electron chi connectivity index (χ0n) is 18.3. The molecule has 0 radical (unpaired) electrons. The van der Waals surface area contributed by atoms with Gasteiger partial charge in [0.25, 0.3) is 0 Å². The van der Waals surface area contributed by atoms with Gasteiger partial charge in [0.2, 0.25) is 17.7 Å². The summed E-state index contributed by atoms with van der Waals surface area (Å²) in [5.41, 5.74) is 6.83. The third kappa shape index (κ3) is 7.02. The van der Waals surface area contributed by atoms with Crippen molar-refractivity contribution in [3.05, 3.63) is 36.0 Å². The van der Waals surface area contributed by atoms with E-state index in [2.05, 4.69) is 20.9 Å². The van der Waals surface area contributed by atoms with E-state index in [9.17, 15) is 29.1 Å². The number of hydrogen-bond donors (Lipinski definition) is 8. The SMILES string of the molecule is CC(NC(=O)C(CC(=O)O)NC(=O)C(N)CO)C(=O)NC(Cc1c[nH]c2ccccc12)C(=O)O. The number of carboxylic acids is 2. The van der Waals surface area contributed by atoms with Gasteiger partial charge in [0.1, 0.15) is 24.2 Å². The maximum Gasteiger partial charge on any atom is 0.326 e. The van der Waals surface area contributed by atoms with Crippen LogP contribution in [0.15, 0.2) is 30.5 Å². The fourth-order valence-electron chi connectivity index (χ4n) is 3.14. The number of aromatic amines is 1. The number of nitrogens with two attached hydrogens (primary N) is 1. The number of para-hydroxylation sites is 1. The van der Waals surface area contributed by atoms with E-state index in [1.165, 1.54) is 6.92 Å². The van der Waals surface area contributed by atoms with Gasteiger partial charge >= 0.3 is 11.9 Å². The van der Waals surface area contributed by atoms with Crippen molar-refractivity contribution in [3.63, 3.8) is 0 Å². The smallest absolute Gasteiger partial charge is 0.326 e. The molecule has 0 bridgehead atoms. The standard InChI is InChI=1S/C21H27N5O8/c1-10(24-20(32)15(7-17(28)29)25-19(31)13(22)9-27)18(30)26-16(21(33)34)6-11-8-23-14-5-3-2-4-12(11)14/h2-5,8,10,13,15-16,23,27H,6-7,9,22H2,1H3,(H,24,32)(H,25,31)(H,26,30)(H,28,29)(H,33,34). The largest absolute Gasteiger partial charge is 0.481 e. The minimum Gasteiger partial charge on any atom is -0.481 e. The molecule has 2 rings (SSSR count). The number of benzene rings is 1. The van der Waals surface area contributed by atoms with E-state index in [4.69, 9.17) is 15.9 Å². The summed E-state index contributed by atoms with van der Waals surface area (Å²) in [6.45, 7) is 0.552. The lowest BCUT2D eigenvalue weighted by atomic mass is 10.0. The Bertz CT molecular complexity index is 1070. The Hall–Kier alpha value is -3.97. The first-order valence-corrected chi connectivity index (χ1v) is 10.3. The van der Waals surface area contributed by atoms with Crippen molar-refractivity contribution in [1.29, 1.82) is 0 Å². The predicted molar refractivity (Wildman–Crippen MR) is 118 cm³/mol. The van der Waals surface area contributed by atoms with Crippen molar-refractivity contribution in [2.24, 2.45) is 5.73 Å². The van der Waals surface area contributed by atoms with E-state index >= 15 is 0 Å². The fraction of sp³-hybridized carbons (Fsp3) is 0.381. The number of amides is 3. The van der Waals surface area contributed by atoms with Gasteiger partial charge in [0.05, 0.1) is 13.0 Å². The molecular weight excluding hydrogens is 450 g/mol. The molecule has 1 aromatic heterocycles. The third-order valence-corrected chi connectivity index (χ3v) is 5.01. The second-order valence-corrected chi connectivity index (χ2v) is 7.64. The molecule has 1 aromatic carbocycles. The second kappa shape index (κ2) is 11.8. The molecule has 9 N–H and O–H groups in total. The first kappa shape index (κ1) is 26.3. The van der Waals surface area contributed by atoms with E-state index in [0.717, 1.165) is 10.9 Å². The Balaban J connectivity index is 2.04. The Morgan fingerprint density at radius 3 is 2.24 bits per heavy atom. The fourth-order valence-corrected chi connectivity index (χ4v) is 3.14. The van der Waals surface area contributed by atoms with Crippen molar-refractivity contribution >= 4 is 40.6 Å². The molecule has 0 aliphatic rings. The van der Waals surface area contributed by atoms with Crippen LogP contribution in [-0.2, 0) is 30.4 Å². The van der Waals surface area contributed by atoms with Crippen LogP contribution in [-0.4, -0.2) is 80.7 Å². The summed E-state index contributed by atoms with van der Waals surface area (Å²) in [5.74, 6) is -5.46. The number of aliphatic hydroxyl groups is 1. The monoisotopic (exact) mass is 477 g/mol. The molecule has 13 nitrogen and oxygen atoms in total. The number of aromatic nitrogens is 1. The summed E-state index contributed by atoms with van der Waals surface area (Å²) in [7, 11) is 0. The van der Waals surface area contributed by atoms with Gasteiger partial charge in [-0.1, -0.05) is 18.2 Å². The van der Waals surface area contributed by atoms with E-state index in [1.807, 2.05) is 18.2 Å². The second-order valence-electron chi connectivity index (χ2n) is 7.64. The maximum absolute atomic E-state index is 12.6. The molecule has 0 fully saturated rings. The van der Waals surface area contributed by atoms with Crippen molar-refractivity contribution in [2.45, 2.75) is 43.9 Å². The van der Waals surface area contributed by atoms with Crippen LogP contribution in [0.5, 0.6) is 0 Å². The molecule has 3 amide bonds.